The molecule has 1 N–H and O–H groups in total. The lowest BCUT2D eigenvalue weighted by molar-refractivity contribution is -0.186. The summed E-state index contributed by atoms with van der Waals surface area (Å²) in [7, 11) is 0. The Morgan fingerprint density at radius 1 is 1.21 bits per heavy atom. The van der Waals surface area contributed by atoms with Crippen LogP contribution in [0.4, 0.5) is 13.2 Å². The monoisotopic (exact) mass is 277 g/mol. The number of halogens is 3. The Bertz CT molecular complexity index is 365. The molecule has 0 heterocycles. The number of ether oxygens (including phenoxy) is 2. The fourth-order valence-corrected chi connectivity index (χ4v) is 1.54. The van der Waals surface area contributed by atoms with Crippen molar-refractivity contribution in [3.8, 4) is 5.75 Å². The van der Waals surface area contributed by atoms with Gasteiger partial charge >= 0.3 is 6.18 Å². The van der Waals surface area contributed by atoms with E-state index in [0.29, 0.717) is 5.75 Å². The maximum atomic E-state index is 11.8. The second-order valence-corrected chi connectivity index (χ2v) is 4.07. The third kappa shape index (κ3) is 6.45. The van der Waals surface area contributed by atoms with E-state index >= 15 is 0 Å². The van der Waals surface area contributed by atoms with Gasteiger partial charge in [-0.25, -0.2) is 0 Å². The summed E-state index contributed by atoms with van der Waals surface area (Å²) in [5.41, 5.74) is 1.09. The number of alkyl halides is 3. The average Bonchev–Trinajstić information content (AvgIpc) is 2.34. The molecule has 19 heavy (non-hydrogen) atoms. The van der Waals surface area contributed by atoms with Crippen molar-refractivity contribution in [3.05, 3.63) is 29.8 Å². The topological polar surface area (TPSA) is 30.5 Å². The summed E-state index contributed by atoms with van der Waals surface area (Å²) in [6, 6.07) is 7.37. The van der Waals surface area contributed by atoms with E-state index in [2.05, 4.69) is 10.1 Å². The number of rotatable bonds is 7. The van der Waals surface area contributed by atoms with Gasteiger partial charge < -0.3 is 14.8 Å². The van der Waals surface area contributed by atoms with E-state index < -0.39 is 19.6 Å². The van der Waals surface area contributed by atoms with Crippen LogP contribution in [0.25, 0.3) is 0 Å². The molecular formula is C13H18F3NO2. The molecule has 0 radical (unpaired) electrons. The minimum Gasteiger partial charge on any atom is -0.468 e. The molecule has 0 saturated carbocycles. The first kappa shape index (κ1) is 15.8. The summed E-state index contributed by atoms with van der Waals surface area (Å²) in [4.78, 5) is 0. The van der Waals surface area contributed by atoms with E-state index in [4.69, 9.17) is 4.74 Å². The van der Waals surface area contributed by atoms with E-state index in [1.807, 2.05) is 26.0 Å². The van der Waals surface area contributed by atoms with Crippen LogP contribution >= 0.6 is 0 Å². The molecule has 0 saturated heterocycles. The number of benzene rings is 1. The molecule has 0 amide bonds. The standard InChI is InChI=1S/C13H18F3NO2/c1-3-17-10(2)11-4-6-12(7-5-11)19-9-18-8-13(14,15)16/h4-7,10,17H,3,8-9H2,1-2H3. The highest BCUT2D eigenvalue weighted by atomic mass is 19.4. The van der Waals surface area contributed by atoms with Gasteiger partial charge in [0.25, 0.3) is 0 Å². The predicted molar refractivity (Wildman–Crippen MR) is 66.0 cm³/mol. The van der Waals surface area contributed by atoms with E-state index in [0.717, 1.165) is 12.1 Å². The third-order valence-corrected chi connectivity index (χ3v) is 2.47. The van der Waals surface area contributed by atoms with E-state index in [1.165, 1.54) is 0 Å². The van der Waals surface area contributed by atoms with Crippen LogP contribution in [0.3, 0.4) is 0 Å². The molecular weight excluding hydrogens is 259 g/mol. The Labute approximate surface area is 110 Å². The van der Waals surface area contributed by atoms with E-state index in [9.17, 15) is 13.2 Å². The number of hydrogen-bond donors (Lipinski definition) is 1. The van der Waals surface area contributed by atoms with Gasteiger partial charge in [0.05, 0.1) is 0 Å². The average molecular weight is 277 g/mol. The molecule has 1 atom stereocenters. The molecule has 108 valence electrons. The molecule has 0 aliphatic carbocycles. The van der Waals surface area contributed by atoms with Gasteiger partial charge in [0.2, 0.25) is 0 Å². The Balaban J connectivity index is 2.36. The molecule has 0 aliphatic heterocycles. The second kappa shape index (κ2) is 7.35. The Morgan fingerprint density at radius 2 is 1.84 bits per heavy atom. The first-order chi connectivity index (χ1) is 8.92. The van der Waals surface area contributed by atoms with E-state index in [-0.39, 0.29) is 6.04 Å². The summed E-state index contributed by atoms with van der Waals surface area (Å²) < 4.78 is 44.8. The molecule has 0 fully saturated rings. The third-order valence-electron chi connectivity index (χ3n) is 2.47. The minimum atomic E-state index is -4.32. The van der Waals surface area contributed by atoms with Crippen molar-refractivity contribution in [1.82, 2.24) is 5.32 Å². The Morgan fingerprint density at radius 3 is 2.37 bits per heavy atom. The Hall–Kier alpha value is -1.27. The van der Waals surface area contributed by atoms with Gasteiger partial charge in [-0.3, -0.25) is 0 Å². The number of hydrogen-bond acceptors (Lipinski definition) is 3. The van der Waals surface area contributed by atoms with Gasteiger partial charge in [0.15, 0.2) is 6.79 Å². The summed E-state index contributed by atoms with van der Waals surface area (Å²) in [5, 5.41) is 3.26. The van der Waals surface area contributed by atoms with Crippen LogP contribution in [0.2, 0.25) is 0 Å². The highest BCUT2D eigenvalue weighted by molar-refractivity contribution is 5.28. The van der Waals surface area contributed by atoms with Gasteiger partial charge in [0.1, 0.15) is 12.4 Å². The molecule has 0 aliphatic rings. The lowest BCUT2D eigenvalue weighted by Crippen LogP contribution is -2.19. The minimum absolute atomic E-state index is 0.223. The van der Waals surface area contributed by atoms with Crippen LogP contribution in [0, 0.1) is 0 Å². The molecule has 0 bridgehead atoms. The van der Waals surface area contributed by atoms with Gasteiger partial charge in [0, 0.05) is 6.04 Å². The van der Waals surface area contributed by atoms with Crippen molar-refractivity contribution in [3.63, 3.8) is 0 Å². The molecule has 1 aromatic carbocycles. The largest absolute Gasteiger partial charge is 0.468 e. The quantitative estimate of drug-likeness (QED) is 0.613. The molecule has 0 spiro atoms. The molecule has 0 aromatic heterocycles. The highest BCUT2D eigenvalue weighted by Gasteiger charge is 2.27. The van der Waals surface area contributed by atoms with Crippen molar-refractivity contribution in [2.45, 2.75) is 26.1 Å². The highest BCUT2D eigenvalue weighted by Crippen LogP contribution is 2.18. The van der Waals surface area contributed by atoms with Gasteiger partial charge in [-0.2, -0.15) is 13.2 Å². The van der Waals surface area contributed by atoms with Crippen molar-refractivity contribution in [1.29, 1.82) is 0 Å². The SMILES string of the molecule is CCNC(C)c1ccc(OCOCC(F)(F)F)cc1. The van der Waals surface area contributed by atoms with Crippen molar-refractivity contribution in [2.75, 3.05) is 19.9 Å². The predicted octanol–water partition coefficient (Wildman–Crippen LogP) is 3.27. The van der Waals surface area contributed by atoms with Crippen LogP contribution in [0.15, 0.2) is 24.3 Å². The maximum Gasteiger partial charge on any atom is 0.411 e. The van der Waals surface area contributed by atoms with Crippen molar-refractivity contribution >= 4 is 0 Å². The summed E-state index contributed by atoms with van der Waals surface area (Å²) in [5.74, 6) is 0.481. The van der Waals surface area contributed by atoms with Crippen LogP contribution in [0.5, 0.6) is 5.75 Å². The zero-order chi connectivity index (χ0) is 14.3. The second-order valence-electron chi connectivity index (χ2n) is 4.07. The molecule has 6 heteroatoms. The zero-order valence-corrected chi connectivity index (χ0v) is 11.0. The van der Waals surface area contributed by atoms with Crippen LogP contribution < -0.4 is 10.1 Å². The first-order valence-corrected chi connectivity index (χ1v) is 6.03. The fraction of sp³-hybridized carbons (Fsp3) is 0.538. The van der Waals surface area contributed by atoms with Crippen LogP contribution in [-0.2, 0) is 4.74 Å². The van der Waals surface area contributed by atoms with Crippen LogP contribution in [0.1, 0.15) is 25.5 Å². The number of nitrogens with one attached hydrogen (secondary N) is 1. The maximum absolute atomic E-state index is 11.8. The van der Waals surface area contributed by atoms with Crippen LogP contribution in [-0.4, -0.2) is 26.1 Å². The molecule has 1 unspecified atom stereocenters. The van der Waals surface area contributed by atoms with Crippen molar-refractivity contribution < 1.29 is 22.6 Å². The molecule has 1 aromatic rings. The van der Waals surface area contributed by atoms with Crippen molar-refractivity contribution in [2.24, 2.45) is 0 Å². The summed E-state index contributed by atoms with van der Waals surface area (Å²) in [6.45, 7) is 3.20. The van der Waals surface area contributed by atoms with Gasteiger partial charge in [-0.1, -0.05) is 19.1 Å². The molecule has 1 rings (SSSR count). The smallest absolute Gasteiger partial charge is 0.411 e. The van der Waals surface area contributed by atoms with Gasteiger partial charge in [-0.05, 0) is 31.2 Å². The summed E-state index contributed by atoms with van der Waals surface area (Å²) >= 11 is 0. The fourth-order valence-electron chi connectivity index (χ4n) is 1.54. The Kier molecular flexibility index (Phi) is 6.11. The van der Waals surface area contributed by atoms with E-state index in [1.54, 1.807) is 12.1 Å². The lowest BCUT2D eigenvalue weighted by atomic mass is 10.1. The van der Waals surface area contributed by atoms with Gasteiger partial charge in [-0.15, -0.1) is 0 Å². The molecule has 3 nitrogen and oxygen atoms in total. The first-order valence-electron chi connectivity index (χ1n) is 6.03. The normalized spacial score (nSPS) is 13.3. The lowest BCUT2D eigenvalue weighted by Gasteiger charge is -2.13. The zero-order valence-electron chi connectivity index (χ0n) is 11.0. The summed E-state index contributed by atoms with van der Waals surface area (Å²) in [6.07, 6.45) is -4.32.